The van der Waals surface area contributed by atoms with E-state index in [4.69, 9.17) is 11.6 Å². The number of carbonyl (C=O) groups is 1. The van der Waals surface area contributed by atoms with E-state index in [1.54, 1.807) is 11.8 Å². The van der Waals surface area contributed by atoms with E-state index in [9.17, 15) is 4.79 Å². The van der Waals surface area contributed by atoms with E-state index in [2.05, 4.69) is 10.2 Å². The summed E-state index contributed by atoms with van der Waals surface area (Å²) >= 11 is 7.60. The minimum Gasteiger partial charge on any atom is -0.335 e. The largest absolute Gasteiger partial charge is 0.335 e. The van der Waals surface area contributed by atoms with Gasteiger partial charge in [0.1, 0.15) is 0 Å². The van der Waals surface area contributed by atoms with Crippen LogP contribution >= 0.6 is 23.4 Å². The fourth-order valence-corrected chi connectivity index (χ4v) is 4.27. The van der Waals surface area contributed by atoms with Crippen LogP contribution in [0.3, 0.4) is 0 Å². The molecule has 2 saturated heterocycles. The van der Waals surface area contributed by atoms with Crippen molar-refractivity contribution in [3.63, 3.8) is 0 Å². The number of thioether (sulfide) groups is 1. The molecule has 1 aromatic carbocycles. The molecule has 3 rings (SSSR count). The van der Waals surface area contributed by atoms with E-state index >= 15 is 0 Å². The molecular formula is C16H21ClN2OS. The zero-order valence-electron chi connectivity index (χ0n) is 12.1. The van der Waals surface area contributed by atoms with Crippen LogP contribution in [0.1, 0.15) is 25.7 Å². The molecule has 2 atom stereocenters. The Morgan fingerprint density at radius 2 is 2.00 bits per heavy atom. The van der Waals surface area contributed by atoms with Crippen molar-refractivity contribution in [1.29, 1.82) is 0 Å². The Labute approximate surface area is 135 Å². The Hall–Kier alpha value is -0.710. The van der Waals surface area contributed by atoms with Gasteiger partial charge in [-0.15, -0.1) is 11.8 Å². The van der Waals surface area contributed by atoms with Gasteiger partial charge in [-0.1, -0.05) is 11.6 Å². The lowest BCUT2D eigenvalue weighted by atomic mass is 10.1. The molecule has 2 unspecified atom stereocenters. The summed E-state index contributed by atoms with van der Waals surface area (Å²) in [5.41, 5.74) is 0. The molecule has 1 amide bonds. The highest BCUT2D eigenvalue weighted by atomic mass is 35.5. The molecule has 3 nitrogen and oxygen atoms in total. The highest BCUT2D eigenvalue weighted by molar-refractivity contribution is 7.99. The van der Waals surface area contributed by atoms with Gasteiger partial charge in [-0.2, -0.15) is 0 Å². The molecule has 0 aliphatic carbocycles. The molecule has 2 aliphatic rings. The summed E-state index contributed by atoms with van der Waals surface area (Å²) in [6.45, 7) is 2.01. The van der Waals surface area contributed by atoms with E-state index in [-0.39, 0.29) is 0 Å². The summed E-state index contributed by atoms with van der Waals surface area (Å²) in [5.74, 6) is 1.16. The lowest BCUT2D eigenvalue weighted by Crippen LogP contribution is -2.42. The lowest BCUT2D eigenvalue weighted by Gasteiger charge is -2.27. The van der Waals surface area contributed by atoms with Crippen molar-refractivity contribution in [1.82, 2.24) is 10.2 Å². The Balaban J connectivity index is 1.51. The van der Waals surface area contributed by atoms with Crippen LogP contribution in [0.5, 0.6) is 0 Å². The predicted octanol–water partition coefficient (Wildman–Crippen LogP) is 3.18. The SMILES string of the molecule is O=C(CCSc1ccc(Cl)cc1)N1C2CCNCC1CC2. The van der Waals surface area contributed by atoms with Gasteiger partial charge in [-0.25, -0.2) is 0 Å². The van der Waals surface area contributed by atoms with Crippen LogP contribution in [0.25, 0.3) is 0 Å². The van der Waals surface area contributed by atoms with Crippen molar-refractivity contribution in [2.75, 3.05) is 18.8 Å². The van der Waals surface area contributed by atoms with Crippen LogP contribution in [0, 0.1) is 0 Å². The number of nitrogens with one attached hydrogen (secondary N) is 1. The van der Waals surface area contributed by atoms with Gasteiger partial charge in [0, 0.05) is 40.7 Å². The van der Waals surface area contributed by atoms with Gasteiger partial charge in [0.2, 0.25) is 5.91 Å². The molecule has 2 fully saturated rings. The van der Waals surface area contributed by atoms with Crippen molar-refractivity contribution in [3.05, 3.63) is 29.3 Å². The molecular weight excluding hydrogens is 304 g/mol. The number of hydrogen-bond donors (Lipinski definition) is 1. The van der Waals surface area contributed by atoms with E-state index < -0.39 is 0 Å². The number of halogens is 1. The van der Waals surface area contributed by atoms with Crippen LogP contribution in [-0.4, -0.2) is 41.7 Å². The van der Waals surface area contributed by atoms with Gasteiger partial charge in [-0.05, 0) is 50.1 Å². The van der Waals surface area contributed by atoms with Gasteiger partial charge < -0.3 is 10.2 Å². The van der Waals surface area contributed by atoms with E-state index in [0.29, 0.717) is 24.4 Å². The molecule has 5 heteroatoms. The number of nitrogens with zero attached hydrogens (tertiary/aromatic N) is 1. The quantitative estimate of drug-likeness (QED) is 0.863. The van der Waals surface area contributed by atoms with Crippen LogP contribution < -0.4 is 5.32 Å². The van der Waals surface area contributed by atoms with Crippen molar-refractivity contribution in [3.8, 4) is 0 Å². The highest BCUT2D eigenvalue weighted by Gasteiger charge is 2.37. The second-order valence-corrected chi connectivity index (χ2v) is 7.34. The Morgan fingerprint density at radius 3 is 2.81 bits per heavy atom. The monoisotopic (exact) mass is 324 g/mol. The minimum atomic E-state index is 0.327. The molecule has 0 spiro atoms. The predicted molar refractivity (Wildman–Crippen MR) is 87.9 cm³/mol. The zero-order valence-corrected chi connectivity index (χ0v) is 13.6. The second kappa shape index (κ2) is 7.03. The summed E-state index contributed by atoms with van der Waals surface area (Å²) in [6, 6.07) is 8.70. The third kappa shape index (κ3) is 3.74. The number of amides is 1. The average molecular weight is 325 g/mol. The number of carbonyl (C=O) groups excluding carboxylic acids is 1. The Kier molecular flexibility index (Phi) is 5.09. The number of hydrogen-bond acceptors (Lipinski definition) is 3. The third-order valence-electron chi connectivity index (χ3n) is 4.34. The summed E-state index contributed by atoms with van der Waals surface area (Å²) in [7, 11) is 0. The maximum absolute atomic E-state index is 12.5. The molecule has 2 aliphatic heterocycles. The maximum Gasteiger partial charge on any atom is 0.223 e. The summed E-state index contributed by atoms with van der Waals surface area (Å²) in [4.78, 5) is 15.9. The molecule has 1 aromatic rings. The summed E-state index contributed by atoms with van der Waals surface area (Å²) < 4.78 is 0. The molecule has 2 heterocycles. The van der Waals surface area contributed by atoms with Crippen molar-refractivity contribution in [2.45, 2.75) is 42.7 Å². The second-order valence-electron chi connectivity index (χ2n) is 5.73. The van der Waals surface area contributed by atoms with Gasteiger partial charge in [0.25, 0.3) is 0 Å². The maximum atomic E-state index is 12.5. The van der Waals surface area contributed by atoms with Crippen LogP contribution in [0.2, 0.25) is 5.02 Å². The smallest absolute Gasteiger partial charge is 0.223 e. The molecule has 0 saturated carbocycles. The summed E-state index contributed by atoms with van der Waals surface area (Å²) in [5, 5.41) is 4.19. The van der Waals surface area contributed by atoms with Crippen molar-refractivity contribution in [2.24, 2.45) is 0 Å². The first kappa shape index (κ1) is 15.2. The lowest BCUT2D eigenvalue weighted by molar-refractivity contribution is -0.133. The third-order valence-corrected chi connectivity index (χ3v) is 5.61. The van der Waals surface area contributed by atoms with Gasteiger partial charge >= 0.3 is 0 Å². The molecule has 2 bridgehead atoms. The molecule has 114 valence electrons. The average Bonchev–Trinajstić information content (AvgIpc) is 2.74. The van der Waals surface area contributed by atoms with Gasteiger partial charge in [-0.3, -0.25) is 4.79 Å². The Bertz CT molecular complexity index is 480. The molecule has 21 heavy (non-hydrogen) atoms. The minimum absolute atomic E-state index is 0.327. The molecule has 0 radical (unpaired) electrons. The Morgan fingerprint density at radius 1 is 1.24 bits per heavy atom. The normalized spacial score (nSPS) is 24.9. The van der Waals surface area contributed by atoms with E-state index in [0.717, 1.165) is 36.7 Å². The number of rotatable bonds is 4. The first-order valence-corrected chi connectivity index (χ1v) is 9.00. The first-order chi connectivity index (χ1) is 10.2. The topological polar surface area (TPSA) is 32.3 Å². The summed E-state index contributed by atoms with van der Waals surface area (Å²) in [6.07, 6.45) is 4.07. The standard InChI is InChI=1S/C16H21ClN2OS/c17-12-1-5-15(6-2-12)21-10-8-16(20)19-13-3-4-14(19)11-18-9-7-13/h1-2,5-6,13-14,18H,3-4,7-11H2. The van der Waals surface area contributed by atoms with Gasteiger partial charge in [0.15, 0.2) is 0 Å². The number of benzene rings is 1. The zero-order chi connectivity index (χ0) is 14.7. The fraction of sp³-hybridized carbons (Fsp3) is 0.562. The molecule has 1 N–H and O–H groups in total. The number of fused-ring (bicyclic) bond motifs is 2. The van der Waals surface area contributed by atoms with Crippen LogP contribution in [0.4, 0.5) is 0 Å². The first-order valence-electron chi connectivity index (χ1n) is 7.64. The van der Waals surface area contributed by atoms with E-state index in [1.165, 1.54) is 11.3 Å². The van der Waals surface area contributed by atoms with Crippen LogP contribution in [0.15, 0.2) is 29.2 Å². The molecule has 0 aromatic heterocycles. The fourth-order valence-electron chi connectivity index (χ4n) is 3.31. The van der Waals surface area contributed by atoms with E-state index in [1.807, 2.05) is 24.3 Å². The van der Waals surface area contributed by atoms with Gasteiger partial charge in [0.05, 0.1) is 0 Å². The van der Waals surface area contributed by atoms with Crippen LogP contribution in [-0.2, 0) is 4.79 Å². The van der Waals surface area contributed by atoms with Crippen molar-refractivity contribution >= 4 is 29.3 Å². The highest BCUT2D eigenvalue weighted by Crippen LogP contribution is 2.29. The van der Waals surface area contributed by atoms with Crippen molar-refractivity contribution < 1.29 is 4.79 Å².